The standard InChI is InChI=1S/C25H21N/c1-12-9-22-18-7-5-17-11-21-14(3)15(4)26-25(21)19-8-6-16(23(18)24(17)19)10-20(22)13(12)2/h5-8,10-11,26H,9H2,1-4H3. The summed E-state index contributed by atoms with van der Waals surface area (Å²) in [5.41, 5.74) is 9.85. The number of benzene rings is 4. The van der Waals surface area contributed by atoms with Crippen molar-refractivity contribution in [1.82, 2.24) is 4.98 Å². The SMILES string of the molecule is CC1=C(C)c2cc3ccc4c5[nH]c(C)c(C)c5cc5ccc(c2C1)c3c54. The van der Waals surface area contributed by atoms with E-state index in [-0.39, 0.29) is 0 Å². The molecule has 0 unspecified atom stereocenters. The third kappa shape index (κ3) is 1.53. The summed E-state index contributed by atoms with van der Waals surface area (Å²) in [7, 11) is 0. The van der Waals surface area contributed by atoms with Crippen LogP contribution in [0.1, 0.15) is 36.2 Å². The van der Waals surface area contributed by atoms with E-state index >= 15 is 0 Å². The predicted molar refractivity (Wildman–Crippen MR) is 113 cm³/mol. The van der Waals surface area contributed by atoms with Crippen molar-refractivity contribution in [3.05, 3.63) is 64.4 Å². The van der Waals surface area contributed by atoms with E-state index in [1.807, 2.05) is 0 Å². The lowest BCUT2D eigenvalue weighted by atomic mass is 9.88. The quantitative estimate of drug-likeness (QED) is 0.292. The molecule has 0 fully saturated rings. The van der Waals surface area contributed by atoms with Crippen molar-refractivity contribution in [2.24, 2.45) is 0 Å². The molecule has 126 valence electrons. The van der Waals surface area contributed by atoms with E-state index in [0.717, 1.165) is 6.42 Å². The smallest absolute Gasteiger partial charge is 0.0539 e. The van der Waals surface area contributed by atoms with Crippen molar-refractivity contribution in [1.29, 1.82) is 0 Å². The van der Waals surface area contributed by atoms with Gasteiger partial charge in [0, 0.05) is 16.5 Å². The van der Waals surface area contributed by atoms with Crippen LogP contribution >= 0.6 is 0 Å². The van der Waals surface area contributed by atoms with Gasteiger partial charge in [0.2, 0.25) is 0 Å². The summed E-state index contributed by atoms with van der Waals surface area (Å²) in [6.07, 6.45) is 1.09. The topological polar surface area (TPSA) is 15.8 Å². The van der Waals surface area contributed by atoms with Crippen molar-refractivity contribution in [2.75, 3.05) is 0 Å². The molecule has 4 aromatic carbocycles. The summed E-state index contributed by atoms with van der Waals surface area (Å²) < 4.78 is 0. The number of aryl methyl sites for hydroxylation is 2. The van der Waals surface area contributed by atoms with Gasteiger partial charge in [-0.05, 0) is 95.4 Å². The Hall–Kier alpha value is -2.80. The molecule has 6 rings (SSSR count). The summed E-state index contributed by atoms with van der Waals surface area (Å²) in [6, 6.07) is 14.1. The molecule has 0 spiro atoms. The Morgan fingerprint density at radius 2 is 1.46 bits per heavy atom. The molecule has 5 aromatic rings. The van der Waals surface area contributed by atoms with Gasteiger partial charge < -0.3 is 4.98 Å². The summed E-state index contributed by atoms with van der Waals surface area (Å²) in [6.45, 7) is 8.94. The number of allylic oxidation sites excluding steroid dienone is 2. The van der Waals surface area contributed by atoms with Crippen molar-refractivity contribution in [2.45, 2.75) is 34.1 Å². The number of rotatable bonds is 0. The van der Waals surface area contributed by atoms with Crippen molar-refractivity contribution in [3.8, 4) is 0 Å². The van der Waals surface area contributed by atoms with E-state index in [0.29, 0.717) is 0 Å². The average Bonchev–Trinajstić information content (AvgIpc) is 3.09. The second-order valence-corrected chi connectivity index (χ2v) is 8.08. The average molecular weight is 335 g/mol. The molecule has 0 saturated carbocycles. The molecule has 1 aliphatic carbocycles. The summed E-state index contributed by atoms with van der Waals surface area (Å²) in [5.74, 6) is 0. The van der Waals surface area contributed by atoms with Crippen LogP contribution in [0.3, 0.4) is 0 Å². The second kappa shape index (κ2) is 4.48. The van der Waals surface area contributed by atoms with E-state index in [2.05, 4.69) is 69.1 Å². The second-order valence-electron chi connectivity index (χ2n) is 8.08. The molecule has 1 heteroatoms. The van der Waals surface area contributed by atoms with Crippen LogP contribution in [-0.4, -0.2) is 4.98 Å². The van der Waals surface area contributed by atoms with Gasteiger partial charge in [0.1, 0.15) is 0 Å². The van der Waals surface area contributed by atoms with Gasteiger partial charge in [-0.1, -0.05) is 29.8 Å². The maximum Gasteiger partial charge on any atom is 0.0539 e. The molecule has 1 heterocycles. The zero-order valence-electron chi connectivity index (χ0n) is 15.7. The fourth-order valence-corrected chi connectivity index (χ4v) is 5.08. The molecule has 0 atom stereocenters. The Bertz CT molecular complexity index is 1430. The Labute approximate surface area is 152 Å². The first-order valence-corrected chi connectivity index (χ1v) is 9.43. The van der Waals surface area contributed by atoms with Gasteiger partial charge in [-0.2, -0.15) is 0 Å². The highest BCUT2D eigenvalue weighted by Crippen LogP contribution is 2.44. The molecule has 1 N–H and O–H groups in total. The van der Waals surface area contributed by atoms with Crippen LogP contribution in [-0.2, 0) is 6.42 Å². The minimum absolute atomic E-state index is 1.09. The number of aromatic nitrogens is 1. The number of fused-ring (bicyclic) bond motifs is 4. The molecule has 0 bridgehead atoms. The highest BCUT2D eigenvalue weighted by Gasteiger charge is 2.22. The van der Waals surface area contributed by atoms with Gasteiger partial charge in [0.15, 0.2) is 0 Å². The fourth-order valence-electron chi connectivity index (χ4n) is 5.08. The summed E-state index contributed by atoms with van der Waals surface area (Å²) in [4.78, 5) is 3.64. The molecule has 0 amide bonds. The van der Waals surface area contributed by atoms with Crippen LogP contribution in [0.2, 0.25) is 0 Å². The van der Waals surface area contributed by atoms with Gasteiger partial charge in [-0.15, -0.1) is 0 Å². The monoisotopic (exact) mass is 335 g/mol. The van der Waals surface area contributed by atoms with Crippen LogP contribution in [0.4, 0.5) is 0 Å². The summed E-state index contributed by atoms with van der Waals surface area (Å²) in [5, 5.41) is 9.72. The summed E-state index contributed by atoms with van der Waals surface area (Å²) >= 11 is 0. The molecule has 1 aliphatic rings. The first-order chi connectivity index (χ1) is 12.5. The van der Waals surface area contributed by atoms with Crippen LogP contribution < -0.4 is 0 Å². The fraction of sp³-hybridized carbons (Fsp3) is 0.200. The number of H-pyrrole nitrogens is 1. The van der Waals surface area contributed by atoms with Gasteiger partial charge in [-0.3, -0.25) is 0 Å². The molecule has 0 saturated heterocycles. The zero-order chi connectivity index (χ0) is 17.7. The molecular weight excluding hydrogens is 314 g/mol. The van der Waals surface area contributed by atoms with Crippen LogP contribution in [0.25, 0.3) is 48.8 Å². The van der Waals surface area contributed by atoms with Crippen LogP contribution in [0.15, 0.2) is 42.0 Å². The highest BCUT2D eigenvalue weighted by atomic mass is 14.7. The lowest BCUT2D eigenvalue weighted by molar-refractivity contribution is 1.21. The third-order valence-electron chi connectivity index (χ3n) is 6.78. The van der Waals surface area contributed by atoms with E-state index in [9.17, 15) is 0 Å². The van der Waals surface area contributed by atoms with E-state index in [1.165, 1.54) is 76.8 Å². The Balaban J connectivity index is 1.89. The predicted octanol–water partition coefficient (Wildman–Crippen LogP) is 7.03. The minimum Gasteiger partial charge on any atom is -0.358 e. The van der Waals surface area contributed by atoms with Gasteiger partial charge in [0.25, 0.3) is 0 Å². The molecular formula is C25H21N. The maximum absolute atomic E-state index is 3.64. The largest absolute Gasteiger partial charge is 0.358 e. The number of hydrogen-bond acceptors (Lipinski definition) is 0. The van der Waals surface area contributed by atoms with Gasteiger partial charge in [0.05, 0.1) is 5.52 Å². The molecule has 1 nitrogen and oxygen atoms in total. The first kappa shape index (κ1) is 14.4. The van der Waals surface area contributed by atoms with E-state index in [4.69, 9.17) is 0 Å². The van der Waals surface area contributed by atoms with Crippen molar-refractivity contribution < 1.29 is 0 Å². The molecule has 0 aliphatic heterocycles. The van der Waals surface area contributed by atoms with Crippen molar-refractivity contribution in [3.63, 3.8) is 0 Å². The molecule has 0 radical (unpaired) electrons. The molecule has 26 heavy (non-hydrogen) atoms. The lowest BCUT2D eigenvalue weighted by Crippen LogP contribution is -1.91. The highest BCUT2D eigenvalue weighted by molar-refractivity contribution is 6.29. The Morgan fingerprint density at radius 1 is 0.769 bits per heavy atom. The van der Waals surface area contributed by atoms with Gasteiger partial charge in [-0.25, -0.2) is 0 Å². The minimum atomic E-state index is 1.09. The van der Waals surface area contributed by atoms with Crippen LogP contribution in [0, 0.1) is 13.8 Å². The number of hydrogen-bond donors (Lipinski definition) is 1. The van der Waals surface area contributed by atoms with E-state index < -0.39 is 0 Å². The first-order valence-electron chi connectivity index (χ1n) is 9.43. The Kier molecular flexibility index (Phi) is 2.48. The number of aromatic amines is 1. The van der Waals surface area contributed by atoms with Crippen LogP contribution in [0.5, 0.6) is 0 Å². The Morgan fingerprint density at radius 3 is 2.27 bits per heavy atom. The van der Waals surface area contributed by atoms with Crippen molar-refractivity contribution >= 4 is 48.8 Å². The molecule has 1 aromatic heterocycles. The van der Waals surface area contributed by atoms with E-state index in [1.54, 1.807) is 0 Å². The van der Waals surface area contributed by atoms with Gasteiger partial charge >= 0.3 is 0 Å². The third-order valence-corrected chi connectivity index (χ3v) is 6.78. The number of nitrogens with one attached hydrogen (secondary N) is 1. The zero-order valence-corrected chi connectivity index (χ0v) is 15.7. The normalized spacial score (nSPS) is 14.6. The lowest BCUT2D eigenvalue weighted by Gasteiger charge is -2.15. The maximum atomic E-state index is 3.64.